The molecule has 156 valence electrons. The molecule has 0 unspecified atom stereocenters. The van der Waals surface area contributed by atoms with E-state index in [1.165, 1.54) is 28.8 Å². The highest BCUT2D eigenvalue weighted by Gasteiger charge is 2.23. The smallest absolute Gasteiger partial charge is 0.341 e. The average molecular weight is 420 g/mol. The summed E-state index contributed by atoms with van der Waals surface area (Å²) in [6.07, 6.45) is -0.0857. The number of nitrogens with two attached hydrogens (primary N) is 1. The Morgan fingerprint density at radius 1 is 0.968 bits per heavy atom. The van der Waals surface area contributed by atoms with Crippen LogP contribution >= 0.6 is 0 Å². The van der Waals surface area contributed by atoms with Crippen LogP contribution in [0.15, 0.2) is 60.7 Å². The minimum absolute atomic E-state index is 0.0857. The lowest BCUT2D eigenvalue weighted by Crippen LogP contribution is -2.14. The van der Waals surface area contributed by atoms with Gasteiger partial charge < -0.3 is 15.6 Å². The lowest BCUT2D eigenvalue weighted by Gasteiger charge is -2.08. The van der Waals surface area contributed by atoms with Gasteiger partial charge in [0.2, 0.25) is 11.8 Å². The second-order valence-electron chi connectivity index (χ2n) is 6.93. The number of carboxylic acids is 1. The molecule has 4 aromatic rings. The molecule has 4 rings (SSSR count). The van der Waals surface area contributed by atoms with Gasteiger partial charge in [-0.05, 0) is 42.0 Å². The fourth-order valence-corrected chi connectivity index (χ4v) is 3.71. The van der Waals surface area contributed by atoms with E-state index in [1.807, 2.05) is 0 Å². The van der Waals surface area contributed by atoms with E-state index < -0.39 is 24.3 Å². The first kappa shape index (κ1) is 20.1. The van der Waals surface area contributed by atoms with E-state index in [0.29, 0.717) is 27.4 Å². The maximum Gasteiger partial charge on any atom is 0.341 e. The number of carboxylic acid groups (broad SMARTS) is 1. The zero-order valence-corrected chi connectivity index (χ0v) is 16.2. The minimum atomic E-state index is -1.17. The van der Waals surface area contributed by atoms with Crippen LogP contribution in [0.1, 0.15) is 20.7 Å². The van der Waals surface area contributed by atoms with Gasteiger partial charge in [0.1, 0.15) is 11.6 Å². The summed E-state index contributed by atoms with van der Waals surface area (Å²) in [5.41, 5.74) is 7.06. The Labute approximate surface area is 175 Å². The molecule has 0 fully saturated rings. The van der Waals surface area contributed by atoms with Gasteiger partial charge in [0.05, 0.1) is 22.8 Å². The van der Waals surface area contributed by atoms with Crippen LogP contribution in [0.2, 0.25) is 0 Å². The van der Waals surface area contributed by atoms with Crippen molar-refractivity contribution in [2.75, 3.05) is 6.61 Å². The van der Waals surface area contributed by atoms with Gasteiger partial charge in [0.15, 0.2) is 6.61 Å². The summed E-state index contributed by atoms with van der Waals surface area (Å²) in [7, 11) is 0. The monoisotopic (exact) mass is 420 g/mol. The van der Waals surface area contributed by atoms with Gasteiger partial charge in [0, 0.05) is 10.9 Å². The van der Waals surface area contributed by atoms with Crippen molar-refractivity contribution in [2.45, 2.75) is 6.42 Å². The molecule has 0 spiro atoms. The number of hydrogen-bond donors (Lipinski definition) is 2. The van der Waals surface area contributed by atoms with E-state index in [-0.39, 0.29) is 23.6 Å². The van der Waals surface area contributed by atoms with E-state index >= 15 is 0 Å². The number of rotatable bonds is 6. The largest absolute Gasteiger partial charge is 0.481 e. The lowest BCUT2D eigenvalue weighted by atomic mass is 10.1. The number of aliphatic carboxylic acids is 1. The van der Waals surface area contributed by atoms with Crippen molar-refractivity contribution in [3.05, 3.63) is 77.6 Å². The molecule has 1 amide bonds. The third-order valence-corrected chi connectivity index (χ3v) is 4.89. The molecule has 0 atom stereocenters. The molecule has 0 bridgehead atoms. The fraction of sp³-hybridized carbons (Fsp3) is 0.0870. The highest BCUT2D eigenvalue weighted by molar-refractivity contribution is 6.22. The molecule has 3 N–H and O–H groups in total. The van der Waals surface area contributed by atoms with E-state index in [4.69, 9.17) is 15.6 Å². The summed E-state index contributed by atoms with van der Waals surface area (Å²) in [5.74, 6) is -2.47. The van der Waals surface area contributed by atoms with Gasteiger partial charge in [-0.2, -0.15) is 0 Å². The Bertz CT molecular complexity index is 1360. The highest BCUT2D eigenvalue weighted by atomic mass is 19.1. The van der Waals surface area contributed by atoms with Crippen LogP contribution in [-0.2, 0) is 11.2 Å². The number of halogens is 1. The summed E-state index contributed by atoms with van der Waals surface area (Å²) in [6, 6.07) is 15.4. The molecule has 1 aromatic heterocycles. The topological polar surface area (TPSA) is 112 Å². The van der Waals surface area contributed by atoms with Crippen molar-refractivity contribution in [3.8, 4) is 5.75 Å². The Morgan fingerprint density at radius 2 is 1.65 bits per heavy atom. The van der Waals surface area contributed by atoms with Crippen molar-refractivity contribution in [1.82, 2.24) is 4.57 Å². The van der Waals surface area contributed by atoms with Crippen LogP contribution in [0.3, 0.4) is 0 Å². The Hall–Kier alpha value is -4.20. The fourth-order valence-electron chi connectivity index (χ4n) is 3.71. The number of carbonyl (C=O) groups is 3. The molecule has 0 radical (unpaired) electrons. The molecular formula is C23H17FN2O5. The molecule has 7 nitrogen and oxygen atoms in total. The van der Waals surface area contributed by atoms with Crippen molar-refractivity contribution in [1.29, 1.82) is 0 Å². The zero-order chi connectivity index (χ0) is 22.1. The Morgan fingerprint density at radius 3 is 2.32 bits per heavy atom. The van der Waals surface area contributed by atoms with Crippen molar-refractivity contribution >= 4 is 39.6 Å². The van der Waals surface area contributed by atoms with Crippen LogP contribution in [0.4, 0.5) is 4.39 Å². The standard InChI is InChI=1S/C23H17FN2O5/c24-14-5-1-4-13(10-14)11-19(27)26-16-7-2-6-15(23(25)30)21(16)22-17(26)8-3-9-18(22)31-12-20(28)29/h1-10H,11-12H2,(H2,25,30)(H,28,29). The maximum atomic E-state index is 13.6. The van der Waals surface area contributed by atoms with Crippen LogP contribution in [-0.4, -0.2) is 34.1 Å². The number of ether oxygens (including phenoxy) is 1. The summed E-state index contributed by atoms with van der Waals surface area (Å²) >= 11 is 0. The van der Waals surface area contributed by atoms with Crippen LogP contribution in [0.25, 0.3) is 21.8 Å². The number of hydrogen-bond acceptors (Lipinski definition) is 4. The second kappa shape index (κ2) is 7.91. The van der Waals surface area contributed by atoms with Crippen molar-refractivity contribution in [2.24, 2.45) is 5.73 Å². The van der Waals surface area contributed by atoms with Crippen LogP contribution < -0.4 is 10.5 Å². The summed E-state index contributed by atoms with van der Waals surface area (Å²) in [4.78, 5) is 36.4. The van der Waals surface area contributed by atoms with Crippen molar-refractivity contribution < 1.29 is 28.6 Å². The predicted octanol–water partition coefficient (Wildman–Crippen LogP) is 3.38. The maximum absolute atomic E-state index is 13.6. The lowest BCUT2D eigenvalue weighted by molar-refractivity contribution is -0.139. The Kier molecular flexibility index (Phi) is 5.12. The molecule has 0 saturated heterocycles. The second-order valence-corrected chi connectivity index (χ2v) is 6.93. The molecule has 0 aliphatic heterocycles. The van der Waals surface area contributed by atoms with Crippen LogP contribution in [0.5, 0.6) is 5.75 Å². The first-order valence-electron chi connectivity index (χ1n) is 9.35. The minimum Gasteiger partial charge on any atom is -0.481 e. The van der Waals surface area contributed by atoms with Gasteiger partial charge in [0.25, 0.3) is 0 Å². The first-order valence-corrected chi connectivity index (χ1v) is 9.35. The SMILES string of the molecule is NC(=O)c1cccc2c1c1c(OCC(=O)O)cccc1n2C(=O)Cc1cccc(F)c1. The number of nitrogens with zero attached hydrogens (tertiary/aromatic N) is 1. The molecule has 3 aromatic carbocycles. The molecule has 0 aliphatic carbocycles. The van der Waals surface area contributed by atoms with E-state index in [2.05, 4.69) is 0 Å². The van der Waals surface area contributed by atoms with Gasteiger partial charge in [-0.1, -0.05) is 24.3 Å². The summed E-state index contributed by atoms with van der Waals surface area (Å²) < 4.78 is 20.4. The summed E-state index contributed by atoms with van der Waals surface area (Å²) in [5, 5.41) is 9.78. The van der Waals surface area contributed by atoms with E-state index in [0.717, 1.165) is 0 Å². The molecule has 31 heavy (non-hydrogen) atoms. The molecular weight excluding hydrogens is 403 g/mol. The van der Waals surface area contributed by atoms with Crippen LogP contribution in [0, 0.1) is 5.82 Å². The van der Waals surface area contributed by atoms with Crippen molar-refractivity contribution in [3.63, 3.8) is 0 Å². The van der Waals surface area contributed by atoms with E-state index in [1.54, 1.807) is 36.4 Å². The van der Waals surface area contributed by atoms with Gasteiger partial charge in [-0.15, -0.1) is 0 Å². The predicted molar refractivity (Wildman–Crippen MR) is 112 cm³/mol. The zero-order valence-electron chi connectivity index (χ0n) is 16.2. The third-order valence-electron chi connectivity index (χ3n) is 4.89. The number of benzene rings is 3. The quantitative estimate of drug-likeness (QED) is 0.497. The molecule has 0 saturated carbocycles. The van der Waals surface area contributed by atoms with Gasteiger partial charge >= 0.3 is 5.97 Å². The number of fused-ring (bicyclic) bond motifs is 3. The number of aromatic nitrogens is 1. The average Bonchev–Trinajstić information content (AvgIpc) is 3.07. The van der Waals surface area contributed by atoms with Gasteiger partial charge in [-0.3, -0.25) is 14.2 Å². The summed E-state index contributed by atoms with van der Waals surface area (Å²) in [6.45, 7) is -0.595. The molecule has 8 heteroatoms. The number of carbonyl (C=O) groups excluding carboxylic acids is 2. The Balaban J connectivity index is 1.97. The molecule has 1 heterocycles. The van der Waals surface area contributed by atoms with E-state index in [9.17, 15) is 18.8 Å². The number of primary amides is 1. The number of amides is 1. The van der Waals surface area contributed by atoms with Gasteiger partial charge in [-0.25, -0.2) is 9.18 Å². The normalized spacial score (nSPS) is 11.0. The first-order chi connectivity index (χ1) is 14.9. The highest BCUT2D eigenvalue weighted by Crippen LogP contribution is 2.37. The third kappa shape index (κ3) is 3.71. The molecule has 0 aliphatic rings.